The van der Waals surface area contributed by atoms with Crippen LogP contribution in [0.25, 0.3) is 5.69 Å². The lowest BCUT2D eigenvalue weighted by molar-refractivity contribution is -0.137. The normalized spacial score (nSPS) is 11.3. The van der Waals surface area contributed by atoms with E-state index in [1.165, 1.54) is 36.2 Å². The van der Waals surface area contributed by atoms with Crippen LogP contribution in [0.1, 0.15) is 24.9 Å². The maximum Gasteiger partial charge on any atom is 0.416 e. The van der Waals surface area contributed by atoms with E-state index in [0.717, 1.165) is 23.5 Å². The Labute approximate surface area is 155 Å². The van der Waals surface area contributed by atoms with Crippen LogP contribution < -0.4 is 5.32 Å². The third-order valence-electron chi connectivity index (χ3n) is 3.54. The molecule has 0 saturated carbocycles. The first-order chi connectivity index (χ1) is 12.8. The maximum absolute atomic E-state index is 13.0. The molecule has 2 heterocycles. The number of halogens is 3. The number of methoxy groups -OCH3 is 1. The van der Waals surface area contributed by atoms with Gasteiger partial charge in [0.15, 0.2) is 0 Å². The average Bonchev–Trinajstić information content (AvgIpc) is 3.32. The van der Waals surface area contributed by atoms with Crippen LogP contribution in [0.3, 0.4) is 0 Å². The van der Waals surface area contributed by atoms with Gasteiger partial charge in [-0.3, -0.25) is 4.79 Å². The number of aromatic nitrogens is 2. The van der Waals surface area contributed by atoms with Crippen molar-refractivity contribution in [1.29, 1.82) is 0 Å². The van der Waals surface area contributed by atoms with Crippen molar-refractivity contribution in [2.24, 2.45) is 0 Å². The molecule has 1 N–H and O–H groups in total. The molecule has 0 bridgehead atoms. The first kappa shape index (κ1) is 18.6. The van der Waals surface area contributed by atoms with E-state index in [0.29, 0.717) is 0 Å². The van der Waals surface area contributed by atoms with Crippen molar-refractivity contribution in [2.75, 3.05) is 12.4 Å². The number of alkyl halides is 3. The number of amides is 1. The van der Waals surface area contributed by atoms with Crippen LogP contribution in [0.4, 0.5) is 18.9 Å². The molecule has 0 radical (unpaired) electrons. The Morgan fingerprint density at radius 3 is 2.56 bits per heavy atom. The number of hydrogen-bond acceptors (Lipinski definition) is 5. The quantitative estimate of drug-likeness (QED) is 0.678. The number of rotatable bonds is 4. The fourth-order valence-corrected chi connectivity index (χ4v) is 3.10. The first-order valence-corrected chi connectivity index (χ1v) is 8.32. The zero-order valence-corrected chi connectivity index (χ0v) is 14.6. The summed E-state index contributed by atoms with van der Waals surface area (Å²) >= 11 is 0.875. The second-order valence-electron chi connectivity index (χ2n) is 5.29. The number of esters is 1. The van der Waals surface area contributed by atoms with Crippen LogP contribution in [0.15, 0.2) is 48.8 Å². The Bertz CT molecular complexity index is 981. The second kappa shape index (κ2) is 7.23. The monoisotopic (exact) mass is 395 g/mol. The van der Waals surface area contributed by atoms with Crippen molar-refractivity contribution in [3.63, 3.8) is 0 Å². The molecule has 0 aliphatic heterocycles. The van der Waals surface area contributed by atoms with Gasteiger partial charge in [-0.1, -0.05) is 0 Å². The maximum atomic E-state index is 13.0. The van der Waals surface area contributed by atoms with Crippen molar-refractivity contribution in [1.82, 2.24) is 9.78 Å². The number of hydrogen-bond donors (Lipinski definition) is 1. The highest BCUT2D eigenvalue weighted by Gasteiger charge is 2.31. The summed E-state index contributed by atoms with van der Waals surface area (Å²) in [5.74, 6) is -1.25. The Morgan fingerprint density at radius 1 is 1.19 bits per heavy atom. The van der Waals surface area contributed by atoms with Crippen LogP contribution in [0.2, 0.25) is 0 Å². The lowest BCUT2D eigenvalue weighted by Crippen LogP contribution is -2.14. The summed E-state index contributed by atoms with van der Waals surface area (Å²) in [6.07, 6.45) is -1.56. The fraction of sp³-hybridized carbons (Fsp3) is 0.118. The number of benzene rings is 1. The minimum Gasteiger partial charge on any atom is -0.465 e. The zero-order valence-electron chi connectivity index (χ0n) is 13.8. The third-order valence-corrected chi connectivity index (χ3v) is 4.60. The molecule has 10 heteroatoms. The molecule has 1 aromatic carbocycles. The van der Waals surface area contributed by atoms with E-state index < -0.39 is 23.6 Å². The van der Waals surface area contributed by atoms with Crippen LogP contribution in [-0.2, 0) is 10.9 Å². The summed E-state index contributed by atoms with van der Waals surface area (Å²) < 4.78 is 45.1. The molecule has 6 nitrogen and oxygen atoms in total. The minimum atomic E-state index is -4.57. The van der Waals surface area contributed by atoms with Gasteiger partial charge in [-0.05, 0) is 36.4 Å². The lowest BCUT2D eigenvalue weighted by atomic mass is 10.1. The molecule has 0 aliphatic rings. The number of nitrogens with one attached hydrogen (secondary N) is 1. The van der Waals surface area contributed by atoms with E-state index in [2.05, 4.69) is 15.2 Å². The molecule has 27 heavy (non-hydrogen) atoms. The molecule has 0 spiro atoms. The Balaban J connectivity index is 1.95. The van der Waals surface area contributed by atoms with E-state index in [9.17, 15) is 22.8 Å². The zero-order chi connectivity index (χ0) is 19.6. The number of anilines is 1. The molecule has 0 unspecified atom stereocenters. The Morgan fingerprint density at radius 2 is 1.93 bits per heavy atom. The molecular weight excluding hydrogens is 383 g/mol. The number of carbonyl (C=O) groups is 2. The lowest BCUT2D eigenvalue weighted by Gasteiger charge is -2.14. The van der Waals surface area contributed by atoms with Gasteiger partial charge in [0, 0.05) is 12.4 Å². The van der Waals surface area contributed by atoms with Gasteiger partial charge in [-0.25, -0.2) is 9.48 Å². The Kier molecular flexibility index (Phi) is 5.00. The largest absolute Gasteiger partial charge is 0.465 e. The van der Waals surface area contributed by atoms with E-state index in [1.807, 2.05) is 0 Å². The van der Waals surface area contributed by atoms with E-state index in [1.54, 1.807) is 12.3 Å². The van der Waals surface area contributed by atoms with E-state index in [-0.39, 0.29) is 21.1 Å². The highest BCUT2D eigenvalue weighted by molar-refractivity contribution is 7.16. The van der Waals surface area contributed by atoms with Gasteiger partial charge in [0.2, 0.25) is 0 Å². The topological polar surface area (TPSA) is 73.2 Å². The molecule has 0 fully saturated rings. The SMILES string of the molecule is COC(=O)c1ccc(C(=O)Nc2cc(C(F)(F)F)ccc2-n2cccn2)s1. The smallest absolute Gasteiger partial charge is 0.416 e. The van der Waals surface area contributed by atoms with Gasteiger partial charge in [0.25, 0.3) is 5.91 Å². The summed E-state index contributed by atoms with van der Waals surface area (Å²) in [6.45, 7) is 0. The number of carbonyl (C=O) groups excluding carboxylic acids is 2. The van der Waals surface area contributed by atoms with Crippen LogP contribution >= 0.6 is 11.3 Å². The third kappa shape index (κ3) is 4.00. The van der Waals surface area contributed by atoms with Crippen LogP contribution in [0, 0.1) is 0 Å². The molecule has 140 valence electrons. The van der Waals surface area contributed by atoms with Crippen molar-refractivity contribution in [2.45, 2.75) is 6.18 Å². The highest BCUT2D eigenvalue weighted by atomic mass is 32.1. The van der Waals surface area contributed by atoms with Gasteiger partial charge < -0.3 is 10.1 Å². The Hall–Kier alpha value is -3.14. The van der Waals surface area contributed by atoms with Gasteiger partial charge in [0.1, 0.15) is 4.88 Å². The molecule has 0 atom stereocenters. The van der Waals surface area contributed by atoms with Crippen molar-refractivity contribution >= 4 is 28.9 Å². The summed E-state index contributed by atoms with van der Waals surface area (Å²) in [6, 6.07) is 7.38. The molecule has 3 aromatic rings. The van der Waals surface area contributed by atoms with Crippen LogP contribution in [-0.4, -0.2) is 28.8 Å². The van der Waals surface area contributed by atoms with Gasteiger partial charge >= 0.3 is 12.1 Å². The van der Waals surface area contributed by atoms with Crippen molar-refractivity contribution in [3.8, 4) is 5.69 Å². The first-order valence-electron chi connectivity index (χ1n) is 7.50. The average molecular weight is 395 g/mol. The minimum absolute atomic E-state index is 0.0634. The summed E-state index contributed by atoms with van der Waals surface area (Å²) in [7, 11) is 1.21. The van der Waals surface area contributed by atoms with Gasteiger partial charge in [0.05, 0.1) is 28.9 Å². The number of ether oxygens (including phenoxy) is 1. The van der Waals surface area contributed by atoms with Crippen molar-refractivity contribution in [3.05, 3.63) is 64.1 Å². The molecular formula is C17H12F3N3O3S. The fourth-order valence-electron chi connectivity index (χ4n) is 2.28. The van der Waals surface area contributed by atoms with Crippen LogP contribution in [0.5, 0.6) is 0 Å². The molecule has 0 aliphatic carbocycles. The second-order valence-corrected chi connectivity index (χ2v) is 6.37. The summed E-state index contributed by atoms with van der Waals surface area (Å²) in [5.41, 5.74) is -0.701. The molecule has 0 saturated heterocycles. The molecule has 1 amide bonds. The predicted octanol–water partition coefficient (Wildman–Crippen LogP) is 3.99. The summed E-state index contributed by atoms with van der Waals surface area (Å²) in [4.78, 5) is 24.3. The molecule has 2 aromatic heterocycles. The summed E-state index contributed by atoms with van der Waals surface area (Å²) in [5, 5.41) is 6.44. The van der Waals surface area contributed by atoms with Gasteiger partial charge in [-0.2, -0.15) is 18.3 Å². The van der Waals surface area contributed by atoms with Gasteiger partial charge in [-0.15, -0.1) is 11.3 Å². The van der Waals surface area contributed by atoms with E-state index >= 15 is 0 Å². The number of nitrogens with zero attached hydrogens (tertiary/aromatic N) is 2. The predicted molar refractivity (Wildman–Crippen MR) is 92.2 cm³/mol. The highest BCUT2D eigenvalue weighted by Crippen LogP contribution is 2.33. The standard InChI is InChI=1S/C17H12F3N3O3S/c1-26-16(25)14-6-5-13(27-14)15(24)22-11-9-10(17(18,19)20)3-4-12(11)23-8-2-7-21-23/h2-9H,1H3,(H,22,24). The van der Waals surface area contributed by atoms with E-state index in [4.69, 9.17) is 0 Å². The van der Waals surface area contributed by atoms with Crippen molar-refractivity contribution < 1.29 is 27.5 Å². The number of thiophene rings is 1. The molecule has 3 rings (SSSR count).